The highest BCUT2D eigenvalue weighted by atomic mass is 14.9. The highest BCUT2D eigenvalue weighted by Gasteiger charge is 1.93. The molecule has 0 spiro atoms. The Hall–Kier alpha value is -1.88. The van der Waals surface area contributed by atoms with Crippen molar-refractivity contribution in [3.05, 3.63) is 47.6 Å². The van der Waals surface area contributed by atoms with Crippen molar-refractivity contribution >= 4 is 0 Å². The van der Waals surface area contributed by atoms with Crippen molar-refractivity contribution in [1.29, 1.82) is 0 Å². The molecule has 0 N–H and O–H groups in total. The molecule has 15 heavy (non-hydrogen) atoms. The van der Waals surface area contributed by atoms with Crippen molar-refractivity contribution in [2.75, 3.05) is 0 Å². The molecule has 0 atom stereocenters. The summed E-state index contributed by atoms with van der Waals surface area (Å²) in [5.41, 5.74) is 1.86. The third-order valence-electron chi connectivity index (χ3n) is 2.11. The van der Waals surface area contributed by atoms with Crippen LogP contribution in [0.15, 0.2) is 36.1 Å². The molecule has 2 heteroatoms. The monoisotopic (exact) mass is 196 g/mol. The number of aryl methyl sites for hydroxylation is 1. The lowest BCUT2D eigenvalue weighted by Crippen LogP contribution is -1.89. The van der Waals surface area contributed by atoms with Crippen molar-refractivity contribution in [2.24, 2.45) is 0 Å². The summed E-state index contributed by atoms with van der Waals surface area (Å²) in [6, 6.07) is 1.83. The molecular weight excluding hydrogens is 184 g/mol. The van der Waals surface area contributed by atoms with Crippen LogP contribution in [0.1, 0.15) is 24.4 Å². The number of hydrogen-bond acceptors (Lipinski definition) is 2. The van der Waals surface area contributed by atoms with Gasteiger partial charge >= 0.3 is 0 Å². The van der Waals surface area contributed by atoms with Crippen LogP contribution in [-0.2, 0) is 0 Å². The van der Waals surface area contributed by atoms with E-state index >= 15 is 0 Å². The van der Waals surface area contributed by atoms with Crippen LogP contribution >= 0.6 is 0 Å². The lowest BCUT2D eigenvalue weighted by molar-refractivity contribution is 1.03. The molecule has 2 rings (SSSR count). The van der Waals surface area contributed by atoms with Gasteiger partial charge in [0.2, 0.25) is 0 Å². The maximum atomic E-state index is 4.22. The number of hydrogen-bond donors (Lipinski definition) is 0. The van der Waals surface area contributed by atoms with Gasteiger partial charge in [0.25, 0.3) is 0 Å². The van der Waals surface area contributed by atoms with E-state index in [9.17, 15) is 0 Å². The summed E-state index contributed by atoms with van der Waals surface area (Å²) in [6.07, 6.45) is 10.3. The molecule has 74 valence electrons. The molecule has 0 saturated carbocycles. The third-order valence-corrected chi connectivity index (χ3v) is 2.11. The highest BCUT2D eigenvalue weighted by Crippen LogP contribution is 2.08. The summed E-state index contributed by atoms with van der Waals surface area (Å²) in [4.78, 5) is 8.25. The Morgan fingerprint density at radius 3 is 2.93 bits per heavy atom. The van der Waals surface area contributed by atoms with E-state index < -0.39 is 0 Å². The van der Waals surface area contributed by atoms with Crippen LogP contribution in [0.25, 0.3) is 0 Å². The van der Waals surface area contributed by atoms with Gasteiger partial charge in [-0.3, -0.25) is 0 Å². The topological polar surface area (TPSA) is 25.8 Å². The van der Waals surface area contributed by atoms with E-state index in [1.807, 2.05) is 13.0 Å². The average Bonchev–Trinajstić information content (AvgIpc) is 2.28. The number of rotatable bonds is 0. The molecule has 0 fully saturated rings. The van der Waals surface area contributed by atoms with Crippen molar-refractivity contribution in [3.63, 3.8) is 0 Å². The first-order chi connectivity index (χ1) is 7.34. The maximum Gasteiger partial charge on any atom is 0.126 e. The Balaban J connectivity index is 2.18. The Labute approximate surface area is 89.8 Å². The molecule has 1 aliphatic rings. The molecule has 0 unspecified atom stereocenters. The Bertz CT molecular complexity index is 473. The summed E-state index contributed by atoms with van der Waals surface area (Å²) >= 11 is 0. The predicted octanol–water partition coefficient (Wildman–Crippen LogP) is 2.41. The predicted molar refractivity (Wildman–Crippen MR) is 60.1 cm³/mol. The summed E-state index contributed by atoms with van der Waals surface area (Å²) in [5, 5.41) is 0. The van der Waals surface area contributed by atoms with Crippen LogP contribution < -0.4 is 0 Å². The molecule has 1 aromatic heterocycles. The number of allylic oxidation sites excluding steroid dienone is 4. The molecular formula is C13H12N2. The minimum absolute atomic E-state index is 0.759. The fourth-order valence-corrected chi connectivity index (χ4v) is 1.37. The molecule has 1 aliphatic carbocycles. The minimum atomic E-state index is 0.759. The zero-order valence-corrected chi connectivity index (χ0v) is 8.70. The van der Waals surface area contributed by atoms with Gasteiger partial charge in [0.15, 0.2) is 0 Å². The Morgan fingerprint density at radius 1 is 1.27 bits per heavy atom. The van der Waals surface area contributed by atoms with Crippen LogP contribution in [0.4, 0.5) is 0 Å². The van der Waals surface area contributed by atoms with Gasteiger partial charge < -0.3 is 0 Å². The Kier molecular flexibility index (Phi) is 2.94. The van der Waals surface area contributed by atoms with Gasteiger partial charge in [-0.25, -0.2) is 9.97 Å². The molecule has 1 heterocycles. The summed E-state index contributed by atoms with van der Waals surface area (Å²) in [7, 11) is 0. The third kappa shape index (κ3) is 2.78. The van der Waals surface area contributed by atoms with Gasteiger partial charge in [0.05, 0.1) is 0 Å². The van der Waals surface area contributed by atoms with Crippen molar-refractivity contribution < 1.29 is 0 Å². The second-order valence-electron chi connectivity index (χ2n) is 3.38. The van der Waals surface area contributed by atoms with Gasteiger partial charge in [0.1, 0.15) is 11.5 Å². The van der Waals surface area contributed by atoms with E-state index in [1.165, 1.54) is 0 Å². The largest absolute Gasteiger partial charge is 0.242 e. The second-order valence-corrected chi connectivity index (χ2v) is 3.38. The molecule has 0 radical (unpaired) electrons. The summed E-state index contributed by atoms with van der Waals surface area (Å²) in [5.74, 6) is 6.89. The lowest BCUT2D eigenvalue weighted by Gasteiger charge is -1.97. The van der Waals surface area contributed by atoms with Crippen molar-refractivity contribution in [3.8, 4) is 11.8 Å². The maximum absolute atomic E-state index is 4.22. The zero-order valence-electron chi connectivity index (χ0n) is 8.70. The van der Waals surface area contributed by atoms with Crippen LogP contribution in [0.2, 0.25) is 0 Å². The molecule has 0 bridgehead atoms. The van der Waals surface area contributed by atoms with Crippen LogP contribution in [0, 0.1) is 18.8 Å². The SMILES string of the molecule is Cc1nccc(C#CC2=CCCC=C2)n1. The van der Waals surface area contributed by atoms with E-state index in [0.29, 0.717) is 0 Å². The van der Waals surface area contributed by atoms with Gasteiger partial charge in [0, 0.05) is 11.8 Å². The lowest BCUT2D eigenvalue weighted by atomic mass is 10.1. The molecule has 0 aliphatic heterocycles. The van der Waals surface area contributed by atoms with Crippen molar-refractivity contribution in [1.82, 2.24) is 9.97 Å². The molecule has 0 aromatic carbocycles. The molecule has 0 amide bonds. The quantitative estimate of drug-likeness (QED) is 0.595. The first-order valence-corrected chi connectivity index (χ1v) is 5.03. The average molecular weight is 196 g/mol. The van der Waals surface area contributed by atoms with Gasteiger partial charge in [-0.05, 0) is 31.8 Å². The molecule has 2 nitrogen and oxygen atoms in total. The fraction of sp³-hybridized carbons (Fsp3) is 0.231. The van der Waals surface area contributed by atoms with Crippen molar-refractivity contribution in [2.45, 2.75) is 19.8 Å². The first kappa shape index (κ1) is 9.67. The van der Waals surface area contributed by atoms with Crippen LogP contribution in [0.3, 0.4) is 0 Å². The first-order valence-electron chi connectivity index (χ1n) is 5.03. The molecule has 1 aromatic rings. The number of aromatic nitrogens is 2. The van der Waals surface area contributed by atoms with E-state index in [4.69, 9.17) is 0 Å². The van der Waals surface area contributed by atoms with E-state index in [0.717, 1.165) is 29.9 Å². The smallest absolute Gasteiger partial charge is 0.126 e. The summed E-state index contributed by atoms with van der Waals surface area (Å²) < 4.78 is 0. The highest BCUT2D eigenvalue weighted by molar-refractivity contribution is 5.43. The van der Waals surface area contributed by atoms with E-state index in [1.54, 1.807) is 6.20 Å². The number of nitrogens with zero attached hydrogens (tertiary/aromatic N) is 2. The van der Waals surface area contributed by atoms with Gasteiger partial charge in [-0.2, -0.15) is 0 Å². The second kappa shape index (κ2) is 4.56. The normalized spacial score (nSPS) is 14.1. The fourth-order valence-electron chi connectivity index (χ4n) is 1.37. The van der Waals surface area contributed by atoms with E-state index in [2.05, 4.69) is 40.0 Å². The van der Waals surface area contributed by atoms with E-state index in [-0.39, 0.29) is 0 Å². The molecule has 0 saturated heterocycles. The van der Waals surface area contributed by atoms with Gasteiger partial charge in [-0.1, -0.05) is 24.1 Å². The van der Waals surface area contributed by atoms with Crippen LogP contribution in [-0.4, -0.2) is 9.97 Å². The Morgan fingerprint density at radius 2 is 2.20 bits per heavy atom. The standard InChI is InChI=1S/C13H12N2/c1-11-14-10-9-13(15-11)8-7-12-5-3-2-4-6-12/h3,5-6,9-10H,2,4H2,1H3. The minimum Gasteiger partial charge on any atom is -0.242 e. The van der Waals surface area contributed by atoms with Gasteiger partial charge in [-0.15, -0.1) is 0 Å². The zero-order chi connectivity index (χ0) is 10.5. The summed E-state index contributed by atoms with van der Waals surface area (Å²) in [6.45, 7) is 1.87. The van der Waals surface area contributed by atoms with Crippen LogP contribution in [0.5, 0.6) is 0 Å².